The largest absolute Gasteiger partial charge is 0.481 e. The van der Waals surface area contributed by atoms with Gasteiger partial charge in [-0.25, -0.2) is 0 Å². The van der Waals surface area contributed by atoms with Crippen LogP contribution in [0.15, 0.2) is 0 Å². The van der Waals surface area contributed by atoms with Crippen molar-refractivity contribution in [3.8, 4) is 0 Å². The van der Waals surface area contributed by atoms with Gasteiger partial charge in [0.1, 0.15) is 0 Å². The zero-order chi connectivity index (χ0) is 14.4. The molecule has 1 saturated carbocycles. The standard InChI is InChI=1S/C15H30N2O2/c1-12-7-5-6-8-14(12)17(10-9-16(3)4)11-13(2)15(18)19/h12-14H,5-11H2,1-4H3,(H,18,19). The molecular formula is C15H30N2O2. The summed E-state index contributed by atoms with van der Waals surface area (Å²) in [6.45, 7) is 6.78. The van der Waals surface area contributed by atoms with Crippen molar-refractivity contribution >= 4 is 5.97 Å². The Morgan fingerprint density at radius 1 is 1.26 bits per heavy atom. The summed E-state index contributed by atoms with van der Waals surface area (Å²) in [5, 5.41) is 9.14. The fourth-order valence-corrected chi connectivity index (χ4v) is 2.99. The Kier molecular flexibility index (Phi) is 6.80. The van der Waals surface area contributed by atoms with Crippen molar-refractivity contribution in [3.63, 3.8) is 0 Å². The van der Waals surface area contributed by atoms with Crippen molar-refractivity contribution in [2.75, 3.05) is 33.7 Å². The number of carboxylic acids is 1. The van der Waals surface area contributed by atoms with E-state index in [0.29, 0.717) is 18.5 Å². The van der Waals surface area contributed by atoms with Crippen LogP contribution in [0.4, 0.5) is 0 Å². The van der Waals surface area contributed by atoms with Crippen molar-refractivity contribution in [3.05, 3.63) is 0 Å². The minimum Gasteiger partial charge on any atom is -0.481 e. The Labute approximate surface area is 117 Å². The Balaban J connectivity index is 2.63. The van der Waals surface area contributed by atoms with Gasteiger partial charge >= 0.3 is 5.97 Å². The van der Waals surface area contributed by atoms with Crippen molar-refractivity contribution < 1.29 is 9.90 Å². The molecule has 112 valence electrons. The second-order valence-electron chi connectivity index (χ2n) is 6.37. The second kappa shape index (κ2) is 7.85. The van der Waals surface area contributed by atoms with Gasteiger partial charge in [-0.05, 0) is 32.9 Å². The van der Waals surface area contributed by atoms with Crippen LogP contribution in [0.1, 0.15) is 39.5 Å². The molecule has 0 radical (unpaired) electrons. The molecule has 1 aliphatic carbocycles. The molecule has 0 saturated heterocycles. The molecule has 1 fully saturated rings. The zero-order valence-corrected chi connectivity index (χ0v) is 12.9. The van der Waals surface area contributed by atoms with Crippen molar-refractivity contribution in [1.29, 1.82) is 0 Å². The van der Waals surface area contributed by atoms with Crippen LogP contribution in [0.25, 0.3) is 0 Å². The molecule has 0 aliphatic heterocycles. The van der Waals surface area contributed by atoms with Crippen LogP contribution in [0.5, 0.6) is 0 Å². The van der Waals surface area contributed by atoms with Gasteiger partial charge in [0.15, 0.2) is 0 Å². The molecule has 0 aromatic heterocycles. The van der Waals surface area contributed by atoms with Crippen molar-refractivity contribution in [2.45, 2.75) is 45.6 Å². The number of aliphatic carboxylic acids is 1. The average molecular weight is 270 g/mol. The molecular weight excluding hydrogens is 240 g/mol. The van der Waals surface area contributed by atoms with Gasteiger partial charge in [0.05, 0.1) is 5.92 Å². The molecule has 1 rings (SSSR count). The Bertz CT molecular complexity index is 281. The molecule has 1 aliphatic rings. The third-order valence-corrected chi connectivity index (χ3v) is 4.30. The van der Waals surface area contributed by atoms with Gasteiger partial charge in [-0.3, -0.25) is 9.69 Å². The topological polar surface area (TPSA) is 43.8 Å². The van der Waals surface area contributed by atoms with Gasteiger partial charge in [0, 0.05) is 25.7 Å². The zero-order valence-electron chi connectivity index (χ0n) is 12.9. The summed E-state index contributed by atoms with van der Waals surface area (Å²) in [4.78, 5) is 15.7. The van der Waals surface area contributed by atoms with Gasteiger partial charge in [-0.2, -0.15) is 0 Å². The molecule has 4 nitrogen and oxygen atoms in total. The van der Waals surface area contributed by atoms with E-state index in [1.165, 1.54) is 25.7 Å². The van der Waals surface area contributed by atoms with E-state index in [1.54, 1.807) is 0 Å². The second-order valence-corrected chi connectivity index (χ2v) is 6.37. The lowest BCUT2D eigenvalue weighted by molar-refractivity contribution is -0.142. The summed E-state index contributed by atoms with van der Waals surface area (Å²) >= 11 is 0. The maximum atomic E-state index is 11.1. The summed E-state index contributed by atoms with van der Waals surface area (Å²) < 4.78 is 0. The third kappa shape index (κ3) is 5.49. The molecule has 0 aromatic carbocycles. The van der Waals surface area contributed by atoms with Gasteiger partial charge < -0.3 is 10.0 Å². The Morgan fingerprint density at radius 2 is 1.89 bits per heavy atom. The first-order valence-electron chi connectivity index (χ1n) is 7.53. The smallest absolute Gasteiger partial charge is 0.307 e. The van der Waals surface area contributed by atoms with Crippen LogP contribution in [0.2, 0.25) is 0 Å². The van der Waals surface area contributed by atoms with Crippen molar-refractivity contribution in [1.82, 2.24) is 9.80 Å². The molecule has 3 unspecified atom stereocenters. The Hall–Kier alpha value is -0.610. The monoisotopic (exact) mass is 270 g/mol. The highest BCUT2D eigenvalue weighted by Crippen LogP contribution is 2.28. The summed E-state index contributed by atoms with van der Waals surface area (Å²) in [6, 6.07) is 0.565. The molecule has 1 N–H and O–H groups in total. The fraction of sp³-hybridized carbons (Fsp3) is 0.933. The lowest BCUT2D eigenvalue weighted by atomic mass is 9.84. The van der Waals surface area contributed by atoms with Crippen LogP contribution in [0.3, 0.4) is 0 Å². The summed E-state index contributed by atoms with van der Waals surface area (Å²) in [5.41, 5.74) is 0. The normalized spacial score (nSPS) is 25.8. The van der Waals surface area contributed by atoms with Crippen LogP contribution in [-0.2, 0) is 4.79 Å². The van der Waals surface area contributed by atoms with Crippen LogP contribution in [0, 0.1) is 11.8 Å². The van der Waals surface area contributed by atoms with E-state index in [9.17, 15) is 4.79 Å². The number of carbonyl (C=O) groups is 1. The predicted octanol–water partition coefficient (Wildman–Crippen LogP) is 2.15. The molecule has 3 atom stereocenters. The number of rotatable bonds is 7. The van der Waals surface area contributed by atoms with Crippen LogP contribution < -0.4 is 0 Å². The van der Waals surface area contributed by atoms with E-state index < -0.39 is 5.97 Å². The van der Waals surface area contributed by atoms with E-state index in [1.807, 2.05) is 6.92 Å². The van der Waals surface area contributed by atoms with Gasteiger partial charge in [-0.1, -0.05) is 26.7 Å². The van der Waals surface area contributed by atoms with E-state index >= 15 is 0 Å². The number of nitrogens with zero attached hydrogens (tertiary/aromatic N) is 2. The SMILES string of the molecule is CC(CN(CCN(C)C)C1CCCCC1C)C(=O)O. The van der Waals surface area contributed by atoms with E-state index in [-0.39, 0.29) is 5.92 Å². The van der Waals surface area contributed by atoms with E-state index in [2.05, 4.69) is 30.8 Å². The summed E-state index contributed by atoms with van der Waals surface area (Å²) in [7, 11) is 4.15. The molecule has 0 spiro atoms. The first-order chi connectivity index (χ1) is 8.91. The van der Waals surface area contributed by atoms with E-state index in [0.717, 1.165) is 13.1 Å². The Morgan fingerprint density at radius 3 is 2.42 bits per heavy atom. The lowest BCUT2D eigenvalue weighted by Crippen LogP contribution is -2.47. The summed E-state index contributed by atoms with van der Waals surface area (Å²) in [5.74, 6) is -0.272. The number of likely N-dealkylation sites (N-methyl/N-ethyl adjacent to an activating group) is 1. The number of hydrogen-bond acceptors (Lipinski definition) is 3. The minimum absolute atomic E-state index is 0.281. The summed E-state index contributed by atoms with van der Waals surface area (Å²) in [6.07, 6.45) is 5.12. The number of hydrogen-bond donors (Lipinski definition) is 1. The van der Waals surface area contributed by atoms with Crippen LogP contribution in [-0.4, -0.2) is 60.6 Å². The predicted molar refractivity (Wildman–Crippen MR) is 78.3 cm³/mol. The fourth-order valence-electron chi connectivity index (χ4n) is 2.99. The molecule has 19 heavy (non-hydrogen) atoms. The molecule has 0 heterocycles. The molecule has 0 aromatic rings. The van der Waals surface area contributed by atoms with Gasteiger partial charge in [0.25, 0.3) is 0 Å². The highest BCUT2D eigenvalue weighted by atomic mass is 16.4. The highest BCUT2D eigenvalue weighted by molar-refractivity contribution is 5.69. The lowest BCUT2D eigenvalue weighted by Gasteiger charge is -2.40. The average Bonchev–Trinajstić information content (AvgIpc) is 2.34. The minimum atomic E-state index is -0.682. The number of carboxylic acid groups (broad SMARTS) is 1. The third-order valence-electron chi connectivity index (χ3n) is 4.30. The van der Waals surface area contributed by atoms with Gasteiger partial charge in [0.2, 0.25) is 0 Å². The first-order valence-corrected chi connectivity index (χ1v) is 7.53. The highest BCUT2D eigenvalue weighted by Gasteiger charge is 2.29. The quantitative estimate of drug-likeness (QED) is 0.770. The maximum Gasteiger partial charge on any atom is 0.307 e. The molecule has 0 bridgehead atoms. The maximum absolute atomic E-state index is 11.1. The first kappa shape index (κ1) is 16.4. The van der Waals surface area contributed by atoms with Crippen LogP contribution >= 0.6 is 0 Å². The van der Waals surface area contributed by atoms with Gasteiger partial charge in [-0.15, -0.1) is 0 Å². The van der Waals surface area contributed by atoms with Crippen molar-refractivity contribution in [2.24, 2.45) is 11.8 Å². The molecule has 0 amide bonds. The molecule has 4 heteroatoms. The van der Waals surface area contributed by atoms with E-state index in [4.69, 9.17) is 5.11 Å².